The van der Waals surface area contributed by atoms with E-state index in [1.165, 1.54) is 0 Å². The monoisotopic (exact) mass is 273 g/mol. The number of rotatable bonds is 3. The largest absolute Gasteiger partial charge is 0.493 e. The van der Waals surface area contributed by atoms with Crippen molar-refractivity contribution in [3.63, 3.8) is 0 Å². The van der Waals surface area contributed by atoms with Crippen LogP contribution in [0.5, 0.6) is 11.5 Å². The topological polar surface area (TPSA) is 60.6 Å². The molecule has 2 N–H and O–H groups in total. The highest BCUT2D eigenvalue weighted by Gasteiger charge is 2.22. The lowest BCUT2D eigenvalue weighted by Gasteiger charge is -2.19. The van der Waals surface area contributed by atoms with Gasteiger partial charge >= 0.3 is 0 Å². The minimum atomic E-state index is 0.229. The Bertz CT molecular complexity index is 630. The standard InChI is InChI=1S/C15H19N3O2/c1-19-13-7-10-3-5-17-15(12(10)8-14(13)20-2)18-6-4-11(16)9-18/h3,5,7-8,11H,4,6,9,16H2,1-2H3. The van der Waals surface area contributed by atoms with E-state index in [1.54, 1.807) is 14.2 Å². The van der Waals surface area contributed by atoms with Gasteiger partial charge in [-0.15, -0.1) is 0 Å². The lowest BCUT2D eigenvalue weighted by Crippen LogP contribution is -2.26. The van der Waals surface area contributed by atoms with Gasteiger partial charge in [-0.2, -0.15) is 0 Å². The zero-order valence-electron chi connectivity index (χ0n) is 11.8. The maximum Gasteiger partial charge on any atom is 0.161 e. The summed E-state index contributed by atoms with van der Waals surface area (Å²) in [5.74, 6) is 2.42. The number of methoxy groups -OCH3 is 2. The summed E-state index contributed by atoms with van der Waals surface area (Å²) in [6, 6.07) is 6.18. The van der Waals surface area contributed by atoms with E-state index >= 15 is 0 Å². The van der Waals surface area contributed by atoms with Crippen molar-refractivity contribution in [1.29, 1.82) is 0 Å². The van der Waals surface area contributed by atoms with Gasteiger partial charge in [0.25, 0.3) is 0 Å². The number of pyridine rings is 1. The molecular formula is C15H19N3O2. The first-order valence-corrected chi connectivity index (χ1v) is 6.74. The molecule has 0 amide bonds. The summed E-state index contributed by atoms with van der Waals surface area (Å²) in [6.07, 6.45) is 2.83. The van der Waals surface area contributed by atoms with Gasteiger partial charge in [-0.25, -0.2) is 4.98 Å². The van der Waals surface area contributed by atoms with Crippen LogP contribution in [0, 0.1) is 0 Å². The molecule has 1 aromatic carbocycles. The van der Waals surface area contributed by atoms with Crippen molar-refractivity contribution < 1.29 is 9.47 Å². The summed E-state index contributed by atoms with van der Waals surface area (Å²) in [5.41, 5.74) is 5.99. The second-order valence-electron chi connectivity index (χ2n) is 5.06. The molecule has 0 radical (unpaired) electrons. The number of hydrogen-bond acceptors (Lipinski definition) is 5. The number of fused-ring (bicyclic) bond motifs is 1. The van der Waals surface area contributed by atoms with Gasteiger partial charge in [0, 0.05) is 30.7 Å². The Balaban J connectivity index is 2.13. The zero-order chi connectivity index (χ0) is 14.1. The van der Waals surface area contributed by atoms with Gasteiger partial charge in [-0.1, -0.05) is 0 Å². The number of hydrogen-bond donors (Lipinski definition) is 1. The first kappa shape index (κ1) is 13.0. The average Bonchev–Trinajstić information content (AvgIpc) is 2.91. The molecule has 5 heteroatoms. The Morgan fingerprint density at radius 2 is 2.00 bits per heavy atom. The molecule has 1 unspecified atom stereocenters. The summed E-state index contributed by atoms with van der Waals surface area (Å²) in [5, 5.41) is 2.16. The van der Waals surface area contributed by atoms with Crippen molar-refractivity contribution in [3.05, 3.63) is 24.4 Å². The first-order valence-electron chi connectivity index (χ1n) is 6.74. The first-order chi connectivity index (χ1) is 9.72. The van der Waals surface area contributed by atoms with E-state index in [-0.39, 0.29) is 6.04 Å². The summed E-state index contributed by atoms with van der Waals surface area (Å²) in [6.45, 7) is 1.79. The highest BCUT2D eigenvalue weighted by Crippen LogP contribution is 2.36. The molecule has 2 aromatic rings. The number of nitrogens with two attached hydrogens (primary N) is 1. The molecule has 0 bridgehead atoms. The Labute approximate surface area is 118 Å². The van der Waals surface area contributed by atoms with Gasteiger partial charge in [0.2, 0.25) is 0 Å². The number of ether oxygens (including phenoxy) is 2. The third kappa shape index (κ3) is 2.14. The summed E-state index contributed by atoms with van der Waals surface area (Å²) < 4.78 is 10.7. The van der Waals surface area contributed by atoms with Crippen LogP contribution in [0.2, 0.25) is 0 Å². The van der Waals surface area contributed by atoms with E-state index in [2.05, 4.69) is 9.88 Å². The predicted molar refractivity (Wildman–Crippen MR) is 79.7 cm³/mol. The lowest BCUT2D eigenvalue weighted by atomic mass is 10.1. The molecule has 3 rings (SSSR count). The third-order valence-corrected chi connectivity index (χ3v) is 3.77. The highest BCUT2D eigenvalue weighted by molar-refractivity contribution is 5.94. The molecule has 1 fully saturated rings. The maximum absolute atomic E-state index is 5.99. The van der Waals surface area contributed by atoms with Crippen molar-refractivity contribution >= 4 is 16.6 Å². The number of benzene rings is 1. The van der Waals surface area contributed by atoms with Crippen LogP contribution in [-0.4, -0.2) is 38.3 Å². The quantitative estimate of drug-likeness (QED) is 0.924. The second kappa shape index (κ2) is 5.17. The summed E-state index contributed by atoms with van der Waals surface area (Å²) >= 11 is 0. The molecule has 1 atom stereocenters. The van der Waals surface area contributed by atoms with Gasteiger partial charge < -0.3 is 20.1 Å². The minimum Gasteiger partial charge on any atom is -0.493 e. The SMILES string of the molecule is COc1cc2ccnc(N3CCC(N)C3)c2cc1OC. The van der Waals surface area contributed by atoms with Crippen molar-refractivity contribution in [2.45, 2.75) is 12.5 Å². The zero-order valence-corrected chi connectivity index (χ0v) is 11.8. The number of anilines is 1. The fraction of sp³-hybridized carbons (Fsp3) is 0.400. The molecule has 1 aromatic heterocycles. The molecule has 0 aliphatic carbocycles. The molecule has 1 saturated heterocycles. The van der Waals surface area contributed by atoms with Crippen LogP contribution in [0.3, 0.4) is 0 Å². The fourth-order valence-electron chi connectivity index (χ4n) is 2.72. The Kier molecular flexibility index (Phi) is 3.36. The van der Waals surface area contributed by atoms with Gasteiger partial charge in [0.05, 0.1) is 14.2 Å². The van der Waals surface area contributed by atoms with Crippen molar-refractivity contribution in [3.8, 4) is 11.5 Å². The van der Waals surface area contributed by atoms with Gasteiger partial charge in [-0.3, -0.25) is 0 Å². The molecule has 1 aliphatic heterocycles. The van der Waals surface area contributed by atoms with Gasteiger partial charge in [0.1, 0.15) is 5.82 Å². The maximum atomic E-state index is 5.99. The van der Waals surface area contributed by atoms with Crippen LogP contribution < -0.4 is 20.1 Å². The molecular weight excluding hydrogens is 254 g/mol. The minimum absolute atomic E-state index is 0.229. The van der Waals surface area contributed by atoms with Crippen LogP contribution in [0.1, 0.15) is 6.42 Å². The van der Waals surface area contributed by atoms with Gasteiger partial charge in [-0.05, 0) is 30.0 Å². The van der Waals surface area contributed by atoms with Crippen LogP contribution >= 0.6 is 0 Å². The third-order valence-electron chi connectivity index (χ3n) is 3.77. The Morgan fingerprint density at radius 1 is 1.25 bits per heavy atom. The molecule has 1 aliphatic rings. The average molecular weight is 273 g/mol. The Morgan fingerprint density at radius 3 is 2.65 bits per heavy atom. The molecule has 106 valence electrons. The molecule has 5 nitrogen and oxygen atoms in total. The van der Waals surface area contributed by atoms with Crippen molar-refractivity contribution in [2.24, 2.45) is 5.73 Å². The van der Waals surface area contributed by atoms with Crippen LogP contribution in [0.25, 0.3) is 10.8 Å². The van der Waals surface area contributed by atoms with Crippen LogP contribution in [0.4, 0.5) is 5.82 Å². The molecule has 0 saturated carbocycles. The number of nitrogens with zero attached hydrogens (tertiary/aromatic N) is 2. The van der Waals surface area contributed by atoms with E-state index in [0.29, 0.717) is 0 Å². The van der Waals surface area contributed by atoms with Crippen molar-refractivity contribution in [2.75, 3.05) is 32.2 Å². The number of aromatic nitrogens is 1. The molecule has 2 heterocycles. The molecule has 0 spiro atoms. The Hall–Kier alpha value is -2.01. The van der Waals surface area contributed by atoms with Crippen LogP contribution in [-0.2, 0) is 0 Å². The van der Waals surface area contributed by atoms with E-state index < -0.39 is 0 Å². The van der Waals surface area contributed by atoms with E-state index in [4.69, 9.17) is 15.2 Å². The summed E-state index contributed by atoms with van der Waals surface area (Å²) in [4.78, 5) is 6.76. The normalized spacial score (nSPS) is 18.6. The second-order valence-corrected chi connectivity index (χ2v) is 5.06. The van der Waals surface area contributed by atoms with E-state index in [0.717, 1.165) is 47.6 Å². The lowest BCUT2D eigenvalue weighted by molar-refractivity contribution is 0.356. The smallest absolute Gasteiger partial charge is 0.161 e. The van der Waals surface area contributed by atoms with Gasteiger partial charge in [0.15, 0.2) is 11.5 Å². The highest BCUT2D eigenvalue weighted by atomic mass is 16.5. The fourth-order valence-corrected chi connectivity index (χ4v) is 2.72. The van der Waals surface area contributed by atoms with Crippen LogP contribution in [0.15, 0.2) is 24.4 Å². The van der Waals surface area contributed by atoms with E-state index in [9.17, 15) is 0 Å². The predicted octanol–water partition coefficient (Wildman–Crippen LogP) is 1.79. The molecule has 20 heavy (non-hydrogen) atoms. The van der Waals surface area contributed by atoms with E-state index in [1.807, 2.05) is 24.4 Å². The summed E-state index contributed by atoms with van der Waals surface area (Å²) in [7, 11) is 3.29. The van der Waals surface area contributed by atoms with Crippen molar-refractivity contribution in [1.82, 2.24) is 4.98 Å².